The van der Waals surface area contributed by atoms with Crippen molar-refractivity contribution in [2.45, 2.75) is 19.0 Å². The van der Waals surface area contributed by atoms with Crippen molar-refractivity contribution in [1.82, 2.24) is 14.9 Å². The number of hydrogen-bond donors (Lipinski definition) is 1. The highest BCUT2D eigenvalue weighted by Gasteiger charge is 2.42. The van der Waals surface area contributed by atoms with Crippen molar-refractivity contribution >= 4 is 23.0 Å². The molecule has 5 nitrogen and oxygen atoms in total. The SMILES string of the molecule is COc1ccccc1N1C(=S)N[C@@H](c2ccccn2)[C@H]1c1ccc(C)n1C. The summed E-state index contributed by atoms with van der Waals surface area (Å²) in [5.41, 5.74) is 4.27. The molecule has 3 heterocycles. The Morgan fingerprint density at radius 1 is 1.07 bits per heavy atom. The Balaban J connectivity index is 1.89. The predicted octanol–water partition coefficient (Wildman–Crippen LogP) is 3.91. The van der Waals surface area contributed by atoms with Gasteiger partial charge in [-0.2, -0.15) is 0 Å². The number of aromatic nitrogens is 2. The van der Waals surface area contributed by atoms with E-state index in [0.29, 0.717) is 5.11 Å². The molecule has 138 valence electrons. The monoisotopic (exact) mass is 378 g/mol. The van der Waals surface area contributed by atoms with Crippen LogP contribution in [0.1, 0.15) is 29.2 Å². The zero-order valence-corrected chi connectivity index (χ0v) is 16.4. The predicted molar refractivity (Wildman–Crippen MR) is 111 cm³/mol. The van der Waals surface area contributed by atoms with Gasteiger partial charge in [-0.15, -0.1) is 0 Å². The summed E-state index contributed by atoms with van der Waals surface area (Å²) in [6.07, 6.45) is 1.82. The van der Waals surface area contributed by atoms with E-state index in [9.17, 15) is 0 Å². The number of ether oxygens (including phenoxy) is 1. The maximum Gasteiger partial charge on any atom is 0.174 e. The first-order valence-electron chi connectivity index (χ1n) is 8.87. The highest BCUT2D eigenvalue weighted by Crippen LogP contribution is 2.44. The molecule has 2 atom stereocenters. The van der Waals surface area contributed by atoms with Gasteiger partial charge in [0.25, 0.3) is 0 Å². The summed E-state index contributed by atoms with van der Waals surface area (Å²) >= 11 is 5.76. The average Bonchev–Trinajstić information content (AvgIpc) is 3.21. The van der Waals surface area contributed by atoms with Crippen LogP contribution < -0.4 is 15.0 Å². The first-order valence-corrected chi connectivity index (χ1v) is 9.28. The minimum absolute atomic E-state index is 0.0394. The molecule has 0 unspecified atom stereocenters. The molecular weight excluding hydrogens is 356 g/mol. The molecule has 2 aromatic heterocycles. The van der Waals surface area contributed by atoms with Crippen LogP contribution in [0.4, 0.5) is 5.69 Å². The molecule has 0 amide bonds. The number of thiocarbonyl (C=S) groups is 1. The molecule has 4 rings (SSSR count). The summed E-state index contributed by atoms with van der Waals surface area (Å²) in [4.78, 5) is 6.73. The van der Waals surface area contributed by atoms with Crippen molar-refractivity contribution in [2.75, 3.05) is 12.0 Å². The first-order chi connectivity index (χ1) is 13.1. The third kappa shape index (κ3) is 2.96. The van der Waals surface area contributed by atoms with Crippen LogP contribution in [-0.2, 0) is 7.05 Å². The van der Waals surface area contributed by atoms with Crippen LogP contribution in [0, 0.1) is 6.92 Å². The fourth-order valence-corrected chi connectivity index (χ4v) is 4.01. The molecular formula is C21H22N4OS. The van der Waals surface area contributed by atoms with Crippen LogP contribution >= 0.6 is 12.2 Å². The molecule has 1 aromatic carbocycles. The van der Waals surface area contributed by atoms with Gasteiger partial charge in [0.05, 0.1) is 24.5 Å². The van der Waals surface area contributed by atoms with Crippen molar-refractivity contribution in [3.8, 4) is 5.75 Å². The first kappa shape index (κ1) is 17.5. The zero-order chi connectivity index (χ0) is 19.0. The molecule has 1 N–H and O–H groups in total. The van der Waals surface area contributed by atoms with Gasteiger partial charge in [-0.1, -0.05) is 18.2 Å². The van der Waals surface area contributed by atoms with E-state index in [0.717, 1.165) is 17.1 Å². The quantitative estimate of drug-likeness (QED) is 0.697. The van der Waals surface area contributed by atoms with Crippen molar-refractivity contribution in [2.24, 2.45) is 7.05 Å². The second-order valence-corrected chi connectivity index (χ2v) is 7.01. The number of aryl methyl sites for hydroxylation is 1. The fraction of sp³-hybridized carbons (Fsp3) is 0.238. The number of para-hydroxylation sites is 2. The van der Waals surface area contributed by atoms with Gasteiger partial charge in [0.1, 0.15) is 11.8 Å². The lowest BCUT2D eigenvalue weighted by atomic mass is 10.0. The molecule has 1 aliphatic heterocycles. The van der Waals surface area contributed by atoms with Crippen LogP contribution in [-0.4, -0.2) is 21.8 Å². The van der Waals surface area contributed by atoms with E-state index >= 15 is 0 Å². The molecule has 0 saturated carbocycles. The Hall–Kier alpha value is -2.86. The summed E-state index contributed by atoms with van der Waals surface area (Å²) < 4.78 is 7.82. The lowest BCUT2D eigenvalue weighted by Gasteiger charge is -2.29. The van der Waals surface area contributed by atoms with Crippen LogP contribution in [0.3, 0.4) is 0 Å². The Morgan fingerprint density at radius 3 is 2.52 bits per heavy atom. The minimum Gasteiger partial charge on any atom is -0.495 e. The molecule has 1 saturated heterocycles. The lowest BCUT2D eigenvalue weighted by Crippen LogP contribution is -2.30. The Morgan fingerprint density at radius 2 is 1.85 bits per heavy atom. The third-order valence-electron chi connectivity index (χ3n) is 5.16. The third-order valence-corrected chi connectivity index (χ3v) is 5.47. The second-order valence-electron chi connectivity index (χ2n) is 6.63. The van der Waals surface area contributed by atoms with Gasteiger partial charge in [-0.05, 0) is 55.5 Å². The molecule has 3 aromatic rings. The minimum atomic E-state index is -0.0587. The molecule has 27 heavy (non-hydrogen) atoms. The number of methoxy groups -OCH3 is 1. The maximum atomic E-state index is 5.76. The molecule has 6 heteroatoms. The number of nitrogens with one attached hydrogen (secondary N) is 1. The molecule has 0 spiro atoms. The number of hydrogen-bond acceptors (Lipinski definition) is 3. The summed E-state index contributed by atoms with van der Waals surface area (Å²) in [5.74, 6) is 0.791. The van der Waals surface area contributed by atoms with Crippen LogP contribution in [0.2, 0.25) is 0 Å². The van der Waals surface area contributed by atoms with Crippen LogP contribution in [0.25, 0.3) is 0 Å². The summed E-state index contributed by atoms with van der Waals surface area (Å²) in [5, 5.41) is 4.15. The normalized spacial score (nSPS) is 19.2. The van der Waals surface area contributed by atoms with Gasteiger partial charge in [0.15, 0.2) is 5.11 Å². The van der Waals surface area contributed by atoms with E-state index in [1.165, 1.54) is 11.4 Å². The number of rotatable bonds is 4. The molecule has 0 aliphatic carbocycles. The number of nitrogens with zero attached hydrogens (tertiary/aromatic N) is 3. The molecule has 1 fully saturated rings. The van der Waals surface area contributed by atoms with Crippen molar-refractivity contribution in [1.29, 1.82) is 0 Å². The topological polar surface area (TPSA) is 42.3 Å². The van der Waals surface area contributed by atoms with Crippen LogP contribution in [0.5, 0.6) is 5.75 Å². The van der Waals surface area contributed by atoms with Gasteiger partial charge in [-0.25, -0.2) is 0 Å². The van der Waals surface area contributed by atoms with Crippen molar-refractivity contribution in [3.63, 3.8) is 0 Å². The number of pyridine rings is 1. The molecule has 0 bridgehead atoms. The summed E-state index contributed by atoms with van der Waals surface area (Å²) in [6, 6.07) is 18.1. The van der Waals surface area contributed by atoms with Gasteiger partial charge >= 0.3 is 0 Å². The maximum absolute atomic E-state index is 5.76. The van der Waals surface area contributed by atoms with E-state index < -0.39 is 0 Å². The number of anilines is 1. The Kier molecular flexibility index (Phi) is 4.58. The highest BCUT2D eigenvalue weighted by atomic mass is 32.1. The highest BCUT2D eigenvalue weighted by molar-refractivity contribution is 7.80. The van der Waals surface area contributed by atoms with Gasteiger partial charge in [0.2, 0.25) is 0 Å². The van der Waals surface area contributed by atoms with Crippen molar-refractivity contribution < 1.29 is 4.74 Å². The fourth-order valence-electron chi connectivity index (χ4n) is 3.67. The standard InChI is InChI=1S/C21H22N4OS/c1-14-11-12-17(24(14)2)20-19(15-8-6-7-13-22-15)23-21(27)25(20)16-9-4-5-10-18(16)26-3/h4-13,19-20H,1-3H3,(H,23,27)/t19-,20+/m0/s1. The zero-order valence-electron chi connectivity index (χ0n) is 15.6. The van der Waals surface area contributed by atoms with E-state index in [2.05, 4.69) is 45.9 Å². The Labute approximate surface area is 164 Å². The number of benzene rings is 1. The van der Waals surface area contributed by atoms with Crippen LogP contribution in [0.15, 0.2) is 60.8 Å². The average molecular weight is 379 g/mol. The molecule has 1 aliphatic rings. The largest absolute Gasteiger partial charge is 0.495 e. The van der Waals surface area contributed by atoms with Gasteiger partial charge < -0.3 is 19.5 Å². The van der Waals surface area contributed by atoms with Gasteiger partial charge in [0, 0.05) is 24.6 Å². The molecule has 0 radical (unpaired) electrons. The van der Waals surface area contributed by atoms with E-state index in [4.69, 9.17) is 17.0 Å². The summed E-state index contributed by atoms with van der Waals surface area (Å²) in [6.45, 7) is 2.10. The van der Waals surface area contributed by atoms with E-state index in [1.54, 1.807) is 7.11 Å². The summed E-state index contributed by atoms with van der Waals surface area (Å²) in [7, 11) is 3.77. The lowest BCUT2D eigenvalue weighted by molar-refractivity contribution is 0.414. The smallest absolute Gasteiger partial charge is 0.174 e. The van der Waals surface area contributed by atoms with Crippen molar-refractivity contribution in [3.05, 3.63) is 77.9 Å². The van der Waals surface area contributed by atoms with Gasteiger partial charge in [-0.3, -0.25) is 4.98 Å². The van der Waals surface area contributed by atoms with E-state index in [-0.39, 0.29) is 12.1 Å². The van der Waals surface area contributed by atoms with E-state index in [1.807, 2.05) is 48.7 Å². The Bertz CT molecular complexity index is 969. The second kappa shape index (κ2) is 7.04.